The second kappa shape index (κ2) is 6.82. The summed E-state index contributed by atoms with van der Waals surface area (Å²) in [5, 5.41) is 2.20. The largest absolute Gasteiger partial charge is 0.399 e. The highest BCUT2D eigenvalue weighted by Gasteiger charge is 2.13. The lowest BCUT2D eigenvalue weighted by Gasteiger charge is -2.07. The van der Waals surface area contributed by atoms with E-state index in [1.165, 1.54) is 0 Å². The Balaban J connectivity index is 0.000000200. The number of nitrogens with two attached hydrogens (primary N) is 1. The summed E-state index contributed by atoms with van der Waals surface area (Å²) in [6.45, 7) is 1.69. The van der Waals surface area contributed by atoms with Crippen LogP contribution in [0.1, 0.15) is 31.7 Å². The molecular weight excluding hydrogens is 254 g/mol. The van der Waals surface area contributed by atoms with Crippen LogP contribution in [0.5, 0.6) is 0 Å². The van der Waals surface area contributed by atoms with E-state index in [4.69, 9.17) is 5.73 Å². The van der Waals surface area contributed by atoms with Gasteiger partial charge >= 0.3 is 0 Å². The van der Waals surface area contributed by atoms with Crippen molar-refractivity contribution in [2.45, 2.75) is 32.6 Å². The first-order valence-electron chi connectivity index (χ1n) is 6.00. The fourth-order valence-corrected chi connectivity index (χ4v) is 1.65. The van der Waals surface area contributed by atoms with E-state index in [-0.39, 0.29) is 23.1 Å². The molecule has 0 spiro atoms. The van der Waals surface area contributed by atoms with E-state index in [9.17, 15) is 18.4 Å². The van der Waals surface area contributed by atoms with Crippen molar-refractivity contribution in [3.05, 3.63) is 29.3 Å². The van der Waals surface area contributed by atoms with Gasteiger partial charge in [0.15, 0.2) is 0 Å². The van der Waals surface area contributed by atoms with Gasteiger partial charge in [0.25, 0.3) is 0 Å². The van der Waals surface area contributed by atoms with Gasteiger partial charge in [-0.25, -0.2) is 8.78 Å². The Hall–Kier alpha value is -1.98. The molecule has 3 N–H and O–H groups in total. The SMILES string of the molecule is CCc1c(F)cc(N)cc1F.O=C1CCCC(=O)N1. The number of halogens is 2. The lowest BCUT2D eigenvalue weighted by atomic mass is 10.1. The summed E-state index contributed by atoms with van der Waals surface area (Å²) in [6.07, 6.45) is 2.07. The van der Waals surface area contributed by atoms with Crippen LogP contribution >= 0.6 is 0 Å². The molecule has 19 heavy (non-hydrogen) atoms. The van der Waals surface area contributed by atoms with Gasteiger partial charge in [-0.15, -0.1) is 0 Å². The van der Waals surface area contributed by atoms with Gasteiger partial charge in [0, 0.05) is 24.1 Å². The molecule has 1 aliphatic heterocycles. The Labute approximate surface area is 110 Å². The highest BCUT2D eigenvalue weighted by atomic mass is 19.1. The number of carbonyl (C=O) groups is 2. The summed E-state index contributed by atoms with van der Waals surface area (Å²) in [6, 6.07) is 2.25. The number of carbonyl (C=O) groups excluding carboxylic acids is 2. The third-order valence-electron chi connectivity index (χ3n) is 2.60. The fourth-order valence-electron chi connectivity index (χ4n) is 1.65. The molecule has 104 valence electrons. The van der Waals surface area contributed by atoms with Crippen LogP contribution in [0, 0.1) is 11.6 Å². The van der Waals surface area contributed by atoms with Gasteiger partial charge < -0.3 is 5.73 Å². The van der Waals surface area contributed by atoms with Crippen molar-refractivity contribution >= 4 is 17.5 Å². The lowest BCUT2D eigenvalue weighted by molar-refractivity contribution is -0.132. The number of piperidine rings is 1. The van der Waals surface area contributed by atoms with Crippen molar-refractivity contribution in [1.82, 2.24) is 5.32 Å². The Morgan fingerprint density at radius 3 is 1.95 bits per heavy atom. The summed E-state index contributed by atoms with van der Waals surface area (Å²) < 4.78 is 25.6. The van der Waals surface area contributed by atoms with E-state index in [1.54, 1.807) is 6.92 Å². The smallest absolute Gasteiger partial charge is 0.226 e. The number of nitrogens with one attached hydrogen (secondary N) is 1. The summed E-state index contributed by atoms with van der Waals surface area (Å²) >= 11 is 0. The molecule has 1 aromatic rings. The Morgan fingerprint density at radius 2 is 1.63 bits per heavy atom. The van der Waals surface area contributed by atoms with Crippen molar-refractivity contribution in [3.8, 4) is 0 Å². The molecule has 0 unspecified atom stereocenters. The quantitative estimate of drug-likeness (QED) is 0.605. The monoisotopic (exact) mass is 270 g/mol. The molecule has 0 aliphatic carbocycles. The van der Waals surface area contributed by atoms with Gasteiger partial charge in [-0.1, -0.05) is 6.92 Å². The van der Waals surface area contributed by atoms with Gasteiger partial charge in [-0.3, -0.25) is 14.9 Å². The van der Waals surface area contributed by atoms with Crippen molar-refractivity contribution in [2.75, 3.05) is 5.73 Å². The molecule has 2 rings (SSSR count). The first-order chi connectivity index (χ1) is 8.93. The molecule has 0 bridgehead atoms. The Kier molecular flexibility index (Phi) is 5.41. The van der Waals surface area contributed by atoms with Crippen molar-refractivity contribution in [1.29, 1.82) is 0 Å². The second-order valence-corrected chi connectivity index (χ2v) is 4.14. The molecule has 6 heteroatoms. The van der Waals surface area contributed by atoms with Gasteiger partial charge in [-0.2, -0.15) is 0 Å². The van der Waals surface area contributed by atoms with Gasteiger partial charge in [-0.05, 0) is 25.0 Å². The van der Waals surface area contributed by atoms with Crippen molar-refractivity contribution in [2.24, 2.45) is 0 Å². The van der Waals surface area contributed by atoms with Gasteiger partial charge in [0.05, 0.1) is 0 Å². The minimum absolute atomic E-state index is 0.0965. The number of benzene rings is 1. The third-order valence-corrected chi connectivity index (χ3v) is 2.60. The zero-order valence-electron chi connectivity index (χ0n) is 10.6. The van der Waals surface area contributed by atoms with Crippen LogP contribution in [0.25, 0.3) is 0 Å². The van der Waals surface area contributed by atoms with Crippen LogP contribution in [0.15, 0.2) is 12.1 Å². The summed E-state index contributed by atoms with van der Waals surface area (Å²) in [5.41, 5.74) is 5.42. The van der Waals surface area contributed by atoms with E-state index < -0.39 is 11.6 Å². The molecule has 0 atom stereocenters. The second-order valence-electron chi connectivity index (χ2n) is 4.14. The van der Waals surface area contributed by atoms with Crippen LogP contribution in [-0.4, -0.2) is 11.8 Å². The zero-order chi connectivity index (χ0) is 14.4. The Bertz CT molecular complexity index is 453. The number of hydrogen-bond acceptors (Lipinski definition) is 3. The molecule has 4 nitrogen and oxygen atoms in total. The standard InChI is InChI=1S/C8H9F2N.C5H7NO2/c1-2-6-7(9)3-5(11)4-8(6)10;7-4-2-1-3-5(8)6-4/h3-4H,2,11H2,1H3;1-3H2,(H,6,7,8). The first kappa shape index (κ1) is 15.1. The average molecular weight is 270 g/mol. The third kappa shape index (κ3) is 4.65. The fraction of sp³-hybridized carbons (Fsp3) is 0.385. The van der Waals surface area contributed by atoms with Crippen LogP contribution in [-0.2, 0) is 16.0 Å². The van der Waals surface area contributed by atoms with E-state index in [2.05, 4.69) is 5.32 Å². The zero-order valence-corrected chi connectivity index (χ0v) is 10.6. The van der Waals surface area contributed by atoms with Crippen LogP contribution in [0.3, 0.4) is 0 Å². The highest BCUT2D eigenvalue weighted by molar-refractivity contribution is 5.97. The highest BCUT2D eigenvalue weighted by Crippen LogP contribution is 2.16. The maximum atomic E-state index is 12.8. The maximum Gasteiger partial charge on any atom is 0.226 e. The first-order valence-corrected chi connectivity index (χ1v) is 6.00. The molecule has 1 aromatic carbocycles. The molecule has 0 aromatic heterocycles. The summed E-state index contributed by atoms with van der Waals surface area (Å²) in [4.78, 5) is 20.7. The van der Waals surface area contributed by atoms with Gasteiger partial charge in [0.2, 0.25) is 11.8 Å². The van der Waals surface area contributed by atoms with Crippen LogP contribution in [0.2, 0.25) is 0 Å². The normalized spacial score (nSPS) is 14.5. The maximum absolute atomic E-state index is 12.8. The molecule has 1 saturated heterocycles. The molecule has 2 amide bonds. The predicted molar refractivity (Wildman–Crippen MR) is 67.1 cm³/mol. The van der Waals surface area contributed by atoms with E-state index in [0.29, 0.717) is 25.7 Å². The molecule has 1 heterocycles. The Morgan fingerprint density at radius 1 is 1.16 bits per heavy atom. The summed E-state index contributed by atoms with van der Waals surface area (Å²) in [5.74, 6) is -1.41. The van der Waals surface area contributed by atoms with E-state index in [0.717, 1.165) is 12.1 Å². The molecular formula is C13H16F2N2O2. The van der Waals surface area contributed by atoms with Crippen molar-refractivity contribution < 1.29 is 18.4 Å². The molecule has 1 aliphatic rings. The number of hydrogen-bond donors (Lipinski definition) is 2. The minimum Gasteiger partial charge on any atom is -0.399 e. The van der Waals surface area contributed by atoms with Crippen molar-refractivity contribution in [3.63, 3.8) is 0 Å². The van der Waals surface area contributed by atoms with Crippen LogP contribution < -0.4 is 11.1 Å². The number of imide groups is 1. The number of nitrogen functional groups attached to an aromatic ring is 1. The van der Waals surface area contributed by atoms with E-state index >= 15 is 0 Å². The average Bonchev–Trinajstić information content (AvgIpc) is 2.28. The number of rotatable bonds is 1. The molecule has 0 saturated carbocycles. The summed E-state index contributed by atoms with van der Waals surface area (Å²) in [7, 11) is 0. The molecule has 1 fully saturated rings. The number of amides is 2. The van der Waals surface area contributed by atoms with Gasteiger partial charge in [0.1, 0.15) is 11.6 Å². The minimum atomic E-state index is -0.565. The predicted octanol–water partition coefficient (Wildman–Crippen LogP) is 1.92. The molecule has 0 radical (unpaired) electrons. The van der Waals surface area contributed by atoms with E-state index in [1.807, 2.05) is 0 Å². The number of anilines is 1. The lowest BCUT2D eigenvalue weighted by Crippen LogP contribution is -2.33. The topological polar surface area (TPSA) is 72.2 Å². The van der Waals surface area contributed by atoms with Crippen LogP contribution in [0.4, 0.5) is 14.5 Å².